The molecule has 1 heterocycles. The molecule has 4 nitrogen and oxygen atoms in total. The molecule has 0 spiro atoms. The van der Waals surface area contributed by atoms with Gasteiger partial charge in [-0.15, -0.1) is 0 Å². The van der Waals surface area contributed by atoms with E-state index in [4.69, 9.17) is 4.74 Å². The van der Waals surface area contributed by atoms with Gasteiger partial charge in [0.15, 0.2) is 0 Å². The highest BCUT2D eigenvalue weighted by molar-refractivity contribution is 7.93. The highest BCUT2D eigenvalue weighted by Crippen LogP contribution is 2.41. The maximum atomic E-state index is 12.9. The molecule has 3 aromatic carbocycles. The molecule has 4 rings (SSSR count). The van der Waals surface area contributed by atoms with Gasteiger partial charge in [0.05, 0.1) is 17.2 Å². The van der Waals surface area contributed by atoms with Gasteiger partial charge in [-0.2, -0.15) is 0 Å². The zero-order valence-corrected chi connectivity index (χ0v) is 14.2. The lowest BCUT2D eigenvalue weighted by Gasteiger charge is -2.18. The Morgan fingerprint density at radius 2 is 1.68 bits per heavy atom. The molecule has 0 atom stereocenters. The van der Waals surface area contributed by atoms with Crippen molar-refractivity contribution in [2.24, 2.45) is 0 Å². The Hall–Kier alpha value is -2.60. The van der Waals surface area contributed by atoms with E-state index in [2.05, 4.69) is 0 Å². The van der Waals surface area contributed by atoms with Crippen LogP contribution in [0.4, 0.5) is 10.1 Å². The maximum absolute atomic E-state index is 12.9. The van der Waals surface area contributed by atoms with Crippen LogP contribution >= 0.6 is 0 Å². The van der Waals surface area contributed by atoms with Crippen LogP contribution in [0.2, 0.25) is 0 Å². The van der Waals surface area contributed by atoms with Crippen LogP contribution in [0.25, 0.3) is 10.8 Å². The number of nitrogens with zero attached hydrogens (tertiary/aromatic N) is 1. The molecule has 0 aliphatic carbocycles. The van der Waals surface area contributed by atoms with Gasteiger partial charge in [0.1, 0.15) is 11.6 Å². The number of rotatable bonds is 5. The Balaban J connectivity index is 1.50. The molecule has 0 saturated heterocycles. The van der Waals surface area contributed by atoms with Gasteiger partial charge in [-0.05, 0) is 41.8 Å². The first-order valence-electron chi connectivity index (χ1n) is 8.00. The highest BCUT2D eigenvalue weighted by Gasteiger charge is 2.34. The molecular formula is C19H16FNO3S. The third-order valence-corrected chi connectivity index (χ3v) is 6.12. The Morgan fingerprint density at radius 1 is 0.960 bits per heavy atom. The molecule has 0 fully saturated rings. The molecule has 3 aromatic rings. The van der Waals surface area contributed by atoms with Crippen molar-refractivity contribution in [3.63, 3.8) is 0 Å². The smallest absolute Gasteiger partial charge is 0.265 e. The summed E-state index contributed by atoms with van der Waals surface area (Å²) in [6, 6.07) is 16.7. The van der Waals surface area contributed by atoms with Crippen LogP contribution in [0.5, 0.6) is 5.75 Å². The molecule has 0 saturated carbocycles. The van der Waals surface area contributed by atoms with E-state index in [1.54, 1.807) is 24.3 Å². The van der Waals surface area contributed by atoms with Gasteiger partial charge in [-0.3, -0.25) is 4.31 Å². The minimum atomic E-state index is -3.52. The zero-order chi connectivity index (χ0) is 17.4. The summed E-state index contributed by atoms with van der Waals surface area (Å²) in [7, 11) is -3.52. The van der Waals surface area contributed by atoms with E-state index in [9.17, 15) is 12.8 Å². The predicted octanol–water partition coefficient (Wildman–Crippen LogP) is 3.96. The zero-order valence-electron chi connectivity index (χ0n) is 13.4. The highest BCUT2D eigenvalue weighted by atomic mass is 32.2. The lowest BCUT2D eigenvalue weighted by Crippen LogP contribution is -2.29. The largest absolute Gasteiger partial charge is 0.494 e. The van der Waals surface area contributed by atoms with Crippen molar-refractivity contribution in [3.8, 4) is 5.75 Å². The van der Waals surface area contributed by atoms with Crippen LogP contribution in [0.15, 0.2) is 65.6 Å². The number of ether oxygens (including phenoxy) is 1. The molecule has 0 unspecified atom stereocenters. The molecule has 0 bridgehead atoms. The second kappa shape index (κ2) is 6.04. The number of anilines is 1. The van der Waals surface area contributed by atoms with Gasteiger partial charge in [0, 0.05) is 18.4 Å². The van der Waals surface area contributed by atoms with Crippen molar-refractivity contribution in [2.75, 3.05) is 17.5 Å². The Labute approximate surface area is 145 Å². The van der Waals surface area contributed by atoms with E-state index in [-0.39, 0.29) is 5.82 Å². The van der Waals surface area contributed by atoms with Crippen molar-refractivity contribution in [3.05, 3.63) is 66.5 Å². The molecular weight excluding hydrogens is 341 g/mol. The summed E-state index contributed by atoms with van der Waals surface area (Å²) in [5, 5.41) is 1.70. The molecule has 0 N–H and O–H groups in total. The van der Waals surface area contributed by atoms with E-state index in [0.717, 1.165) is 16.5 Å². The number of sulfonamides is 1. The first-order chi connectivity index (χ1) is 12.1. The predicted molar refractivity (Wildman–Crippen MR) is 95.0 cm³/mol. The standard InChI is InChI=1S/C19H16FNO3S/c20-15-8-10-16(11-9-15)24-13-3-12-21-17-6-1-4-14-5-2-7-18(19(14)17)25(21,22)23/h1-2,4-11H,3,12-13H2. The number of hydrogen-bond acceptors (Lipinski definition) is 3. The fraction of sp³-hybridized carbons (Fsp3) is 0.158. The topological polar surface area (TPSA) is 46.6 Å². The van der Waals surface area contributed by atoms with Gasteiger partial charge in [-0.1, -0.05) is 24.3 Å². The lowest BCUT2D eigenvalue weighted by atomic mass is 10.1. The first kappa shape index (κ1) is 15.9. The van der Waals surface area contributed by atoms with Crippen LogP contribution in [0.1, 0.15) is 6.42 Å². The molecule has 0 radical (unpaired) electrons. The van der Waals surface area contributed by atoms with E-state index in [0.29, 0.717) is 30.2 Å². The van der Waals surface area contributed by atoms with Crippen LogP contribution in [0.3, 0.4) is 0 Å². The Kier molecular flexibility index (Phi) is 3.84. The fourth-order valence-electron chi connectivity index (χ4n) is 3.13. The number of benzene rings is 3. The quantitative estimate of drug-likeness (QED) is 0.650. The third kappa shape index (κ3) is 2.72. The van der Waals surface area contributed by atoms with Gasteiger partial charge in [0.25, 0.3) is 10.0 Å². The summed E-state index contributed by atoms with van der Waals surface area (Å²) in [6.45, 7) is 0.682. The van der Waals surface area contributed by atoms with Gasteiger partial charge in [-0.25, -0.2) is 12.8 Å². The molecule has 25 heavy (non-hydrogen) atoms. The van der Waals surface area contributed by atoms with Crippen molar-refractivity contribution in [1.82, 2.24) is 0 Å². The molecule has 1 aliphatic rings. The number of halogens is 1. The van der Waals surface area contributed by atoms with E-state index >= 15 is 0 Å². The first-order valence-corrected chi connectivity index (χ1v) is 9.44. The van der Waals surface area contributed by atoms with Gasteiger partial charge < -0.3 is 4.74 Å². The average Bonchev–Trinajstić information content (AvgIpc) is 2.83. The Morgan fingerprint density at radius 3 is 2.44 bits per heavy atom. The van der Waals surface area contributed by atoms with Crippen LogP contribution in [0, 0.1) is 5.82 Å². The van der Waals surface area contributed by atoms with Crippen LogP contribution < -0.4 is 9.04 Å². The van der Waals surface area contributed by atoms with E-state index in [1.165, 1.54) is 16.4 Å². The van der Waals surface area contributed by atoms with Crippen molar-refractivity contribution < 1.29 is 17.5 Å². The van der Waals surface area contributed by atoms with Crippen molar-refractivity contribution >= 4 is 26.5 Å². The summed E-state index contributed by atoms with van der Waals surface area (Å²) in [4.78, 5) is 0.361. The molecule has 128 valence electrons. The van der Waals surface area contributed by atoms with Gasteiger partial charge >= 0.3 is 0 Å². The second-order valence-electron chi connectivity index (χ2n) is 5.86. The lowest BCUT2D eigenvalue weighted by molar-refractivity contribution is 0.313. The fourth-order valence-corrected chi connectivity index (χ4v) is 4.88. The summed E-state index contributed by atoms with van der Waals surface area (Å²) in [5.41, 5.74) is 0.717. The van der Waals surface area contributed by atoms with Crippen LogP contribution in [-0.4, -0.2) is 21.6 Å². The minimum Gasteiger partial charge on any atom is -0.494 e. The summed E-state index contributed by atoms with van der Waals surface area (Å²) in [6.07, 6.45) is 0.529. The molecule has 0 aromatic heterocycles. The SMILES string of the molecule is O=S1(=O)c2cccc3cccc(c23)N1CCCOc1ccc(F)cc1. The van der Waals surface area contributed by atoms with Crippen molar-refractivity contribution in [1.29, 1.82) is 0 Å². The maximum Gasteiger partial charge on any atom is 0.265 e. The second-order valence-corrected chi connectivity index (χ2v) is 7.70. The summed E-state index contributed by atoms with van der Waals surface area (Å²) >= 11 is 0. The Bertz CT molecular complexity index is 1030. The normalized spacial score (nSPS) is 14.8. The average molecular weight is 357 g/mol. The minimum absolute atomic E-state index is 0.318. The summed E-state index contributed by atoms with van der Waals surface area (Å²) in [5.74, 6) is 0.248. The molecule has 6 heteroatoms. The van der Waals surface area contributed by atoms with E-state index in [1.807, 2.05) is 24.3 Å². The van der Waals surface area contributed by atoms with Crippen molar-refractivity contribution in [2.45, 2.75) is 11.3 Å². The summed E-state index contributed by atoms with van der Waals surface area (Å²) < 4.78 is 45.5. The van der Waals surface area contributed by atoms with Crippen LogP contribution in [-0.2, 0) is 10.0 Å². The number of hydrogen-bond donors (Lipinski definition) is 0. The molecule has 0 amide bonds. The van der Waals surface area contributed by atoms with E-state index < -0.39 is 10.0 Å². The monoisotopic (exact) mass is 357 g/mol. The third-order valence-electron chi connectivity index (χ3n) is 4.27. The van der Waals surface area contributed by atoms with Gasteiger partial charge in [0.2, 0.25) is 0 Å². The molecule has 1 aliphatic heterocycles.